The molecule has 0 aromatic heterocycles. The number of ether oxygens (including phenoxy) is 1. The van der Waals surface area contributed by atoms with Gasteiger partial charge in [0.25, 0.3) is 0 Å². The lowest BCUT2D eigenvalue weighted by Gasteiger charge is -2.29. The third-order valence-electron chi connectivity index (χ3n) is 4.06. The van der Waals surface area contributed by atoms with Crippen LogP contribution in [0.15, 0.2) is 12.1 Å². The quantitative estimate of drug-likeness (QED) is 0.385. The van der Waals surface area contributed by atoms with Crippen LogP contribution in [-0.4, -0.2) is 19.3 Å². The summed E-state index contributed by atoms with van der Waals surface area (Å²) in [6, 6.07) is 0. The highest BCUT2D eigenvalue weighted by molar-refractivity contribution is 6.67. The third-order valence-corrected chi connectivity index (χ3v) is 4.06. The normalized spacial score (nSPS) is 15.2. The average Bonchev–Trinajstić information content (AvgIpc) is 2.28. The van der Waals surface area contributed by atoms with Crippen molar-refractivity contribution in [1.82, 2.24) is 0 Å². The van der Waals surface area contributed by atoms with Crippen molar-refractivity contribution < 1.29 is 9.53 Å². The van der Waals surface area contributed by atoms with Crippen LogP contribution in [0.25, 0.3) is 0 Å². The van der Waals surface area contributed by atoms with Gasteiger partial charge in [0.1, 0.15) is 0 Å². The molecule has 0 rings (SSSR count). The SMILES string of the molecule is CCOC(=O)/C=C/B(C(C)C(C)C)C(C)C(C)C. The number of hydrogen-bond donors (Lipinski definition) is 0. The Morgan fingerprint density at radius 3 is 1.83 bits per heavy atom. The van der Waals surface area contributed by atoms with Crippen LogP contribution in [0.5, 0.6) is 0 Å². The van der Waals surface area contributed by atoms with Crippen molar-refractivity contribution in [1.29, 1.82) is 0 Å². The summed E-state index contributed by atoms with van der Waals surface area (Å²) >= 11 is 0. The van der Waals surface area contributed by atoms with Crippen LogP contribution in [0.4, 0.5) is 0 Å². The van der Waals surface area contributed by atoms with Crippen LogP contribution >= 0.6 is 0 Å². The molecule has 2 unspecified atom stereocenters. The van der Waals surface area contributed by atoms with E-state index in [9.17, 15) is 4.79 Å². The Balaban J connectivity index is 4.82. The van der Waals surface area contributed by atoms with Gasteiger partial charge in [0.05, 0.1) is 6.61 Å². The third kappa shape index (κ3) is 5.75. The molecule has 0 saturated heterocycles. The molecule has 0 N–H and O–H groups in total. The van der Waals surface area contributed by atoms with Crippen molar-refractivity contribution in [2.75, 3.05) is 6.61 Å². The van der Waals surface area contributed by atoms with Gasteiger partial charge in [-0.3, -0.25) is 0 Å². The molecule has 2 atom stereocenters. The van der Waals surface area contributed by atoms with Crippen molar-refractivity contribution in [2.24, 2.45) is 11.8 Å². The summed E-state index contributed by atoms with van der Waals surface area (Å²) in [7, 11) is 0. The van der Waals surface area contributed by atoms with Gasteiger partial charge >= 0.3 is 5.97 Å². The van der Waals surface area contributed by atoms with Crippen molar-refractivity contribution in [2.45, 2.75) is 60.1 Å². The zero-order valence-corrected chi connectivity index (χ0v) is 13.1. The first-order chi connectivity index (χ1) is 8.31. The molecular formula is C15H29BO2. The Morgan fingerprint density at radius 2 is 1.50 bits per heavy atom. The van der Waals surface area contributed by atoms with Crippen molar-refractivity contribution in [3.8, 4) is 0 Å². The second-order valence-electron chi connectivity index (χ2n) is 5.89. The minimum absolute atomic E-state index is 0.227. The lowest BCUT2D eigenvalue weighted by atomic mass is 9.31. The minimum atomic E-state index is -0.227. The van der Waals surface area contributed by atoms with Gasteiger partial charge in [0, 0.05) is 6.08 Å². The van der Waals surface area contributed by atoms with E-state index in [0.717, 1.165) is 0 Å². The summed E-state index contributed by atoms with van der Waals surface area (Å²) in [6.07, 6.45) is 1.60. The summed E-state index contributed by atoms with van der Waals surface area (Å²) in [6.45, 7) is 16.2. The van der Waals surface area contributed by atoms with Crippen molar-refractivity contribution in [3.05, 3.63) is 12.1 Å². The fraction of sp³-hybridized carbons (Fsp3) is 0.800. The average molecular weight is 252 g/mol. The second-order valence-corrected chi connectivity index (χ2v) is 5.89. The van der Waals surface area contributed by atoms with Crippen molar-refractivity contribution in [3.63, 3.8) is 0 Å². The number of rotatable bonds is 7. The van der Waals surface area contributed by atoms with Gasteiger partial charge < -0.3 is 4.74 Å². The van der Waals surface area contributed by atoms with E-state index in [1.807, 2.05) is 12.9 Å². The maximum atomic E-state index is 11.4. The van der Waals surface area contributed by atoms with Crippen LogP contribution in [0.3, 0.4) is 0 Å². The molecule has 0 bridgehead atoms. The van der Waals surface area contributed by atoms with E-state index in [2.05, 4.69) is 41.5 Å². The fourth-order valence-corrected chi connectivity index (χ4v) is 2.10. The van der Waals surface area contributed by atoms with Crippen LogP contribution in [0, 0.1) is 11.8 Å². The monoisotopic (exact) mass is 252 g/mol. The maximum absolute atomic E-state index is 11.4. The van der Waals surface area contributed by atoms with Crippen LogP contribution < -0.4 is 0 Å². The van der Waals surface area contributed by atoms with Gasteiger partial charge in [-0.05, 0) is 6.92 Å². The molecule has 3 heteroatoms. The number of carbonyl (C=O) groups excluding carboxylic acids is 1. The lowest BCUT2D eigenvalue weighted by molar-refractivity contribution is -0.137. The van der Waals surface area contributed by atoms with Gasteiger partial charge in [-0.1, -0.05) is 65.0 Å². The number of esters is 1. The van der Waals surface area contributed by atoms with Gasteiger partial charge in [-0.25, -0.2) is 4.79 Å². The molecule has 2 nitrogen and oxygen atoms in total. The second kappa shape index (κ2) is 8.39. The van der Waals surface area contributed by atoms with Crippen LogP contribution in [0.2, 0.25) is 11.6 Å². The largest absolute Gasteiger partial charge is 0.463 e. The molecule has 0 aromatic carbocycles. The summed E-state index contributed by atoms with van der Waals surface area (Å²) in [5.41, 5.74) is 0. The molecule has 0 saturated carbocycles. The molecule has 0 radical (unpaired) electrons. The Hall–Kier alpha value is -0.725. The molecular weight excluding hydrogens is 223 g/mol. The molecule has 0 amide bonds. The Morgan fingerprint density at radius 1 is 1.06 bits per heavy atom. The Labute approximate surface area is 113 Å². The molecule has 18 heavy (non-hydrogen) atoms. The molecule has 0 aliphatic rings. The van der Waals surface area contributed by atoms with E-state index in [1.165, 1.54) is 0 Å². The molecule has 0 aliphatic heterocycles. The molecule has 0 spiro atoms. The zero-order chi connectivity index (χ0) is 14.3. The van der Waals surface area contributed by atoms with Crippen molar-refractivity contribution >= 4 is 12.7 Å². The van der Waals surface area contributed by atoms with E-state index in [-0.39, 0.29) is 5.97 Å². The highest BCUT2D eigenvalue weighted by atomic mass is 16.5. The topological polar surface area (TPSA) is 26.3 Å². The number of hydrogen-bond acceptors (Lipinski definition) is 2. The highest BCUT2D eigenvalue weighted by Gasteiger charge is 2.29. The smallest absolute Gasteiger partial charge is 0.329 e. The summed E-state index contributed by atoms with van der Waals surface area (Å²) in [4.78, 5) is 11.4. The molecule has 0 heterocycles. The van der Waals surface area contributed by atoms with Gasteiger partial charge in [-0.2, -0.15) is 0 Å². The van der Waals surface area contributed by atoms with Gasteiger partial charge in [0.15, 0.2) is 6.71 Å². The van der Waals surface area contributed by atoms with E-state index >= 15 is 0 Å². The molecule has 0 aromatic rings. The van der Waals surface area contributed by atoms with Crippen LogP contribution in [0.1, 0.15) is 48.5 Å². The minimum Gasteiger partial charge on any atom is -0.463 e. The predicted molar refractivity (Wildman–Crippen MR) is 80.1 cm³/mol. The van der Waals surface area contributed by atoms with E-state index in [4.69, 9.17) is 4.74 Å². The summed E-state index contributed by atoms with van der Waals surface area (Å²) < 4.78 is 4.95. The highest BCUT2D eigenvalue weighted by Crippen LogP contribution is 2.33. The first-order valence-electron chi connectivity index (χ1n) is 7.16. The molecule has 0 aliphatic carbocycles. The zero-order valence-electron chi connectivity index (χ0n) is 13.1. The Kier molecular flexibility index (Phi) is 8.05. The van der Waals surface area contributed by atoms with E-state index in [0.29, 0.717) is 36.8 Å². The summed E-state index contributed by atoms with van der Waals surface area (Å²) in [5, 5.41) is 0. The first-order valence-corrected chi connectivity index (χ1v) is 7.16. The first kappa shape index (κ1) is 17.3. The molecule has 104 valence electrons. The lowest BCUT2D eigenvalue weighted by Crippen LogP contribution is -2.28. The maximum Gasteiger partial charge on any atom is 0.329 e. The number of carbonyl (C=O) groups is 1. The molecule has 0 fully saturated rings. The van der Waals surface area contributed by atoms with E-state index in [1.54, 1.807) is 6.08 Å². The van der Waals surface area contributed by atoms with Gasteiger partial charge in [0.2, 0.25) is 0 Å². The van der Waals surface area contributed by atoms with Gasteiger partial charge in [-0.15, -0.1) is 5.98 Å². The van der Waals surface area contributed by atoms with E-state index < -0.39 is 0 Å². The van der Waals surface area contributed by atoms with Crippen LogP contribution in [-0.2, 0) is 9.53 Å². The standard InChI is InChI=1S/C15H29BO2/c1-8-18-15(17)9-10-16(13(6)11(2)3)14(7)12(4)5/h9-14H,8H2,1-7H3/b10-9+. The Bertz CT molecular complexity index is 258. The fourth-order valence-electron chi connectivity index (χ4n) is 2.10. The predicted octanol–water partition coefficient (Wildman–Crippen LogP) is 4.23. The summed E-state index contributed by atoms with van der Waals surface area (Å²) in [5.74, 6) is 4.18.